The standard InChI is InChI=1S/C17H26N2O2.ClH/c1-11(2)21-16-8-7-14(9-12(16)3)19-17(20)10-13-5-4-6-15(13)18;/h7-9,11,13,15H,4-6,10,18H2,1-3H3,(H,19,20);1H/t13-,15+;/m0./s1. The van der Waals surface area contributed by atoms with Crippen LogP contribution in [0.5, 0.6) is 5.75 Å². The van der Waals surface area contributed by atoms with Crippen molar-refractivity contribution in [2.75, 3.05) is 5.32 Å². The molecule has 0 spiro atoms. The van der Waals surface area contributed by atoms with Gasteiger partial charge in [-0.05, 0) is 63.3 Å². The molecule has 1 aliphatic carbocycles. The van der Waals surface area contributed by atoms with Gasteiger partial charge in [0, 0.05) is 18.2 Å². The van der Waals surface area contributed by atoms with E-state index >= 15 is 0 Å². The van der Waals surface area contributed by atoms with E-state index in [2.05, 4.69) is 5.32 Å². The van der Waals surface area contributed by atoms with Crippen molar-refractivity contribution >= 4 is 24.0 Å². The van der Waals surface area contributed by atoms with Crippen LogP contribution in [-0.2, 0) is 4.79 Å². The van der Waals surface area contributed by atoms with Gasteiger partial charge in [0.1, 0.15) is 5.75 Å². The largest absolute Gasteiger partial charge is 0.491 e. The van der Waals surface area contributed by atoms with E-state index in [1.165, 1.54) is 0 Å². The lowest BCUT2D eigenvalue weighted by Gasteiger charge is -2.16. The van der Waals surface area contributed by atoms with Crippen molar-refractivity contribution in [2.45, 2.75) is 58.6 Å². The lowest BCUT2D eigenvalue weighted by atomic mass is 10.00. The van der Waals surface area contributed by atoms with E-state index in [0.717, 1.165) is 36.3 Å². The Balaban J connectivity index is 0.00000242. The number of aryl methyl sites for hydroxylation is 1. The average Bonchev–Trinajstić information content (AvgIpc) is 2.78. The molecule has 0 aromatic heterocycles. The van der Waals surface area contributed by atoms with Crippen LogP contribution in [0.25, 0.3) is 0 Å². The Labute approximate surface area is 139 Å². The molecule has 0 radical (unpaired) electrons. The summed E-state index contributed by atoms with van der Waals surface area (Å²) in [5, 5.41) is 2.96. The molecule has 1 aromatic rings. The molecule has 1 fully saturated rings. The van der Waals surface area contributed by atoms with Crippen LogP contribution in [0.3, 0.4) is 0 Å². The van der Waals surface area contributed by atoms with Crippen molar-refractivity contribution in [1.29, 1.82) is 0 Å². The van der Waals surface area contributed by atoms with Crippen molar-refractivity contribution in [2.24, 2.45) is 11.7 Å². The minimum atomic E-state index is 0. The highest BCUT2D eigenvalue weighted by molar-refractivity contribution is 5.91. The van der Waals surface area contributed by atoms with Gasteiger partial charge in [0.05, 0.1) is 6.10 Å². The van der Waals surface area contributed by atoms with Gasteiger partial charge in [-0.25, -0.2) is 0 Å². The first-order chi connectivity index (χ1) is 9.95. The first kappa shape index (κ1) is 18.8. The van der Waals surface area contributed by atoms with Crippen molar-refractivity contribution in [3.8, 4) is 5.75 Å². The quantitative estimate of drug-likeness (QED) is 0.867. The Hall–Kier alpha value is -1.26. The van der Waals surface area contributed by atoms with Crippen LogP contribution in [0.4, 0.5) is 5.69 Å². The van der Waals surface area contributed by atoms with Crippen LogP contribution in [0.2, 0.25) is 0 Å². The summed E-state index contributed by atoms with van der Waals surface area (Å²) in [6.45, 7) is 5.99. The fraction of sp³-hybridized carbons (Fsp3) is 0.588. The molecule has 1 saturated carbocycles. The highest BCUT2D eigenvalue weighted by Gasteiger charge is 2.26. The third-order valence-corrected chi connectivity index (χ3v) is 3.99. The number of hydrogen-bond donors (Lipinski definition) is 2. The van der Waals surface area contributed by atoms with E-state index in [1.54, 1.807) is 0 Å². The van der Waals surface area contributed by atoms with Crippen molar-refractivity contribution in [3.05, 3.63) is 23.8 Å². The maximum absolute atomic E-state index is 12.1. The maximum atomic E-state index is 12.1. The second-order valence-electron chi connectivity index (χ2n) is 6.25. The number of anilines is 1. The Morgan fingerprint density at radius 2 is 2.14 bits per heavy atom. The molecule has 22 heavy (non-hydrogen) atoms. The summed E-state index contributed by atoms with van der Waals surface area (Å²) in [7, 11) is 0. The number of nitrogens with two attached hydrogens (primary N) is 1. The lowest BCUT2D eigenvalue weighted by molar-refractivity contribution is -0.117. The minimum Gasteiger partial charge on any atom is -0.491 e. The smallest absolute Gasteiger partial charge is 0.224 e. The predicted molar refractivity (Wildman–Crippen MR) is 92.8 cm³/mol. The third-order valence-electron chi connectivity index (χ3n) is 3.99. The fourth-order valence-electron chi connectivity index (χ4n) is 2.88. The monoisotopic (exact) mass is 326 g/mol. The van der Waals surface area contributed by atoms with Gasteiger partial charge in [0.2, 0.25) is 5.91 Å². The van der Waals surface area contributed by atoms with E-state index in [-0.39, 0.29) is 30.5 Å². The SMILES string of the molecule is Cc1cc(NC(=O)C[C@@H]2CCC[C@H]2N)ccc1OC(C)C.Cl. The van der Waals surface area contributed by atoms with Gasteiger partial charge in [-0.2, -0.15) is 0 Å². The van der Waals surface area contributed by atoms with E-state index in [4.69, 9.17) is 10.5 Å². The molecule has 0 heterocycles. The van der Waals surface area contributed by atoms with Crippen molar-refractivity contribution in [1.82, 2.24) is 0 Å². The molecule has 5 heteroatoms. The number of amides is 1. The molecule has 4 nitrogen and oxygen atoms in total. The van der Waals surface area contributed by atoms with Crippen LogP contribution >= 0.6 is 12.4 Å². The molecule has 2 rings (SSSR count). The number of carbonyl (C=O) groups excluding carboxylic acids is 1. The molecule has 3 N–H and O–H groups in total. The molecule has 0 unspecified atom stereocenters. The van der Waals surface area contributed by atoms with Crippen LogP contribution in [0.15, 0.2) is 18.2 Å². The molecular weight excluding hydrogens is 300 g/mol. The van der Waals surface area contributed by atoms with Gasteiger partial charge in [-0.3, -0.25) is 4.79 Å². The normalized spacial score (nSPS) is 20.6. The van der Waals surface area contributed by atoms with Crippen LogP contribution < -0.4 is 15.8 Å². The van der Waals surface area contributed by atoms with E-state index in [0.29, 0.717) is 12.3 Å². The zero-order valence-corrected chi connectivity index (χ0v) is 14.4. The Morgan fingerprint density at radius 3 is 2.68 bits per heavy atom. The number of ether oxygens (including phenoxy) is 1. The Kier molecular flexibility index (Phi) is 7.17. The van der Waals surface area contributed by atoms with Crippen molar-refractivity contribution in [3.63, 3.8) is 0 Å². The first-order valence-electron chi connectivity index (χ1n) is 7.78. The zero-order chi connectivity index (χ0) is 15.4. The summed E-state index contributed by atoms with van der Waals surface area (Å²) in [5.41, 5.74) is 7.86. The van der Waals surface area contributed by atoms with Gasteiger partial charge in [0.15, 0.2) is 0 Å². The summed E-state index contributed by atoms with van der Waals surface area (Å²) in [4.78, 5) is 12.1. The van der Waals surface area contributed by atoms with E-state index in [9.17, 15) is 4.79 Å². The van der Waals surface area contributed by atoms with Crippen LogP contribution in [-0.4, -0.2) is 18.1 Å². The van der Waals surface area contributed by atoms with Gasteiger partial charge >= 0.3 is 0 Å². The molecule has 0 saturated heterocycles. The Bertz CT molecular complexity index is 505. The number of nitrogens with one attached hydrogen (secondary N) is 1. The molecular formula is C17H27ClN2O2. The number of rotatable bonds is 5. The molecule has 0 bridgehead atoms. The Morgan fingerprint density at radius 1 is 1.41 bits per heavy atom. The predicted octanol–water partition coefficient (Wildman–Crippen LogP) is 3.66. The third kappa shape index (κ3) is 5.18. The summed E-state index contributed by atoms with van der Waals surface area (Å²) in [5.74, 6) is 1.24. The zero-order valence-electron chi connectivity index (χ0n) is 13.6. The van der Waals surface area contributed by atoms with Gasteiger partial charge in [-0.15, -0.1) is 12.4 Å². The average molecular weight is 327 g/mol. The number of carbonyl (C=O) groups is 1. The number of hydrogen-bond acceptors (Lipinski definition) is 3. The molecule has 1 amide bonds. The van der Waals surface area contributed by atoms with Crippen molar-refractivity contribution < 1.29 is 9.53 Å². The highest BCUT2D eigenvalue weighted by atomic mass is 35.5. The van der Waals surface area contributed by atoms with Crippen LogP contribution in [0.1, 0.15) is 45.1 Å². The number of halogens is 1. The molecule has 0 aliphatic heterocycles. The highest BCUT2D eigenvalue weighted by Crippen LogP contribution is 2.28. The summed E-state index contributed by atoms with van der Waals surface area (Å²) in [6.07, 6.45) is 3.91. The summed E-state index contributed by atoms with van der Waals surface area (Å²) in [6, 6.07) is 5.92. The molecule has 124 valence electrons. The second kappa shape index (κ2) is 8.39. The summed E-state index contributed by atoms with van der Waals surface area (Å²) >= 11 is 0. The van der Waals surface area contributed by atoms with Gasteiger partial charge < -0.3 is 15.8 Å². The summed E-state index contributed by atoms with van der Waals surface area (Å²) < 4.78 is 5.70. The number of benzene rings is 1. The first-order valence-corrected chi connectivity index (χ1v) is 7.78. The lowest BCUT2D eigenvalue weighted by Crippen LogP contribution is -2.28. The minimum absolute atomic E-state index is 0. The van der Waals surface area contributed by atoms with Gasteiger partial charge in [0.25, 0.3) is 0 Å². The van der Waals surface area contributed by atoms with Crippen LogP contribution in [0, 0.1) is 12.8 Å². The molecule has 1 aliphatic rings. The molecule has 1 aromatic carbocycles. The second-order valence-corrected chi connectivity index (χ2v) is 6.25. The molecule has 2 atom stereocenters. The van der Waals surface area contributed by atoms with Gasteiger partial charge in [-0.1, -0.05) is 6.42 Å². The van der Waals surface area contributed by atoms with E-state index < -0.39 is 0 Å². The topological polar surface area (TPSA) is 64.4 Å². The van der Waals surface area contributed by atoms with E-state index in [1.807, 2.05) is 39.0 Å². The maximum Gasteiger partial charge on any atom is 0.224 e. The fourth-order valence-corrected chi connectivity index (χ4v) is 2.88.